The van der Waals surface area contributed by atoms with E-state index in [-0.39, 0.29) is 11.6 Å². The molecule has 0 aromatic heterocycles. The fourth-order valence-electron chi connectivity index (χ4n) is 1.79. The lowest BCUT2D eigenvalue weighted by molar-refractivity contribution is -0.116. The van der Waals surface area contributed by atoms with Crippen molar-refractivity contribution in [2.75, 3.05) is 10.6 Å². The molecule has 1 unspecified atom stereocenters. The Bertz CT molecular complexity index is 641. The summed E-state index contributed by atoms with van der Waals surface area (Å²) in [6.45, 7) is 3.52. The fourth-order valence-corrected chi connectivity index (χ4v) is 1.79. The predicted octanol–water partition coefficient (Wildman–Crippen LogP) is 3.71. The van der Waals surface area contributed by atoms with Gasteiger partial charge in [-0.3, -0.25) is 4.79 Å². The Labute approximate surface area is 122 Å². The number of carbonyl (C=O) groups is 1. The second kappa shape index (κ2) is 6.35. The maximum Gasteiger partial charge on any atom is 0.246 e. The van der Waals surface area contributed by atoms with Gasteiger partial charge in [0.25, 0.3) is 0 Å². The molecule has 2 aromatic rings. The van der Waals surface area contributed by atoms with Gasteiger partial charge in [0.15, 0.2) is 0 Å². The van der Waals surface area contributed by atoms with Gasteiger partial charge in [-0.05, 0) is 44.2 Å². The highest BCUT2D eigenvalue weighted by Gasteiger charge is 2.15. The van der Waals surface area contributed by atoms with Crippen molar-refractivity contribution in [2.24, 2.45) is 0 Å². The van der Waals surface area contributed by atoms with Crippen molar-refractivity contribution in [2.45, 2.75) is 19.9 Å². The SMILES string of the molecule is Cc1ccc(NC(=O)C(C)Nc2cc(F)ccc2F)cc1. The molecule has 0 saturated heterocycles. The van der Waals surface area contributed by atoms with E-state index < -0.39 is 17.7 Å². The molecule has 0 spiro atoms. The van der Waals surface area contributed by atoms with Crippen LogP contribution < -0.4 is 10.6 Å². The van der Waals surface area contributed by atoms with E-state index in [2.05, 4.69) is 10.6 Å². The second-order valence-corrected chi connectivity index (χ2v) is 4.85. The Morgan fingerprint density at radius 1 is 1.10 bits per heavy atom. The maximum atomic E-state index is 13.5. The van der Waals surface area contributed by atoms with Gasteiger partial charge in [-0.15, -0.1) is 0 Å². The highest BCUT2D eigenvalue weighted by atomic mass is 19.1. The summed E-state index contributed by atoms with van der Waals surface area (Å²) >= 11 is 0. The molecule has 0 radical (unpaired) electrons. The van der Waals surface area contributed by atoms with Gasteiger partial charge >= 0.3 is 0 Å². The Hall–Kier alpha value is -2.43. The smallest absolute Gasteiger partial charge is 0.246 e. The van der Waals surface area contributed by atoms with E-state index in [1.165, 1.54) is 0 Å². The Morgan fingerprint density at radius 3 is 2.43 bits per heavy atom. The number of amides is 1. The van der Waals surface area contributed by atoms with Crippen LogP contribution in [-0.4, -0.2) is 11.9 Å². The molecule has 5 heteroatoms. The normalized spacial score (nSPS) is 11.8. The first-order chi connectivity index (χ1) is 9.95. The summed E-state index contributed by atoms with van der Waals surface area (Å²) in [7, 11) is 0. The molecule has 3 nitrogen and oxygen atoms in total. The van der Waals surface area contributed by atoms with Crippen molar-refractivity contribution in [3.8, 4) is 0 Å². The molecule has 0 heterocycles. The van der Waals surface area contributed by atoms with Crippen LogP contribution in [0.2, 0.25) is 0 Å². The molecule has 1 amide bonds. The molecule has 2 rings (SSSR count). The molecule has 2 aromatic carbocycles. The Morgan fingerprint density at radius 2 is 1.76 bits per heavy atom. The van der Waals surface area contributed by atoms with Gasteiger partial charge in [0, 0.05) is 5.69 Å². The van der Waals surface area contributed by atoms with Crippen molar-refractivity contribution < 1.29 is 13.6 Å². The first kappa shape index (κ1) is 15.0. The van der Waals surface area contributed by atoms with E-state index in [0.29, 0.717) is 5.69 Å². The number of nitrogens with one attached hydrogen (secondary N) is 2. The summed E-state index contributed by atoms with van der Waals surface area (Å²) in [5.41, 5.74) is 1.70. The number of carbonyl (C=O) groups excluding carboxylic acids is 1. The van der Waals surface area contributed by atoms with Gasteiger partial charge in [-0.2, -0.15) is 0 Å². The van der Waals surface area contributed by atoms with E-state index in [1.54, 1.807) is 19.1 Å². The molecule has 21 heavy (non-hydrogen) atoms. The number of halogens is 2. The number of hydrogen-bond acceptors (Lipinski definition) is 2. The molecular weight excluding hydrogens is 274 g/mol. The van der Waals surface area contributed by atoms with E-state index in [0.717, 1.165) is 23.8 Å². The van der Waals surface area contributed by atoms with Crippen molar-refractivity contribution in [3.05, 3.63) is 59.7 Å². The standard InChI is InChI=1S/C16H16F2N2O/c1-10-3-6-13(7-4-10)20-16(21)11(2)19-15-9-12(17)5-8-14(15)18/h3-9,11,19H,1-2H3,(H,20,21). The van der Waals surface area contributed by atoms with Crippen LogP contribution in [0.1, 0.15) is 12.5 Å². The van der Waals surface area contributed by atoms with Crippen LogP contribution in [0.5, 0.6) is 0 Å². The number of aryl methyl sites for hydroxylation is 1. The third-order valence-electron chi connectivity index (χ3n) is 3.01. The van der Waals surface area contributed by atoms with Gasteiger partial charge in [-0.1, -0.05) is 17.7 Å². The fraction of sp³-hybridized carbons (Fsp3) is 0.188. The number of benzene rings is 2. The van der Waals surface area contributed by atoms with Gasteiger partial charge < -0.3 is 10.6 Å². The zero-order chi connectivity index (χ0) is 15.4. The van der Waals surface area contributed by atoms with Crippen molar-refractivity contribution in [1.82, 2.24) is 0 Å². The summed E-state index contributed by atoms with van der Waals surface area (Å²) in [5, 5.41) is 5.36. The van der Waals surface area contributed by atoms with Crippen LogP contribution in [0.15, 0.2) is 42.5 Å². The van der Waals surface area contributed by atoms with Gasteiger partial charge in [0.1, 0.15) is 17.7 Å². The van der Waals surface area contributed by atoms with Crippen LogP contribution in [0.3, 0.4) is 0 Å². The lowest BCUT2D eigenvalue weighted by Crippen LogP contribution is -2.32. The monoisotopic (exact) mass is 290 g/mol. The Balaban J connectivity index is 2.02. The lowest BCUT2D eigenvalue weighted by atomic mass is 10.2. The van der Waals surface area contributed by atoms with Crippen LogP contribution in [0.25, 0.3) is 0 Å². The molecule has 0 aliphatic carbocycles. The van der Waals surface area contributed by atoms with E-state index >= 15 is 0 Å². The van der Waals surface area contributed by atoms with E-state index in [9.17, 15) is 13.6 Å². The molecule has 0 saturated carbocycles. The highest BCUT2D eigenvalue weighted by molar-refractivity contribution is 5.96. The van der Waals surface area contributed by atoms with Gasteiger partial charge in [0.05, 0.1) is 5.69 Å². The molecule has 1 atom stereocenters. The Kier molecular flexibility index (Phi) is 4.52. The molecule has 0 aliphatic rings. The van der Waals surface area contributed by atoms with Gasteiger partial charge in [0.2, 0.25) is 5.91 Å². The van der Waals surface area contributed by atoms with Gasteiger partial charge in [-0.25, -0.2) is 8.78 Å². The van der Waals surface area contributed by atoms with Crippen molar-refractivity contribution in [3.63, 3.8) is 0 Å². The minimum Gasteiger partial charge on any atom is -0.371 e. The second-order valence-electron chi connectivity index (χ2n) is 4.85. The molecule has 0 aliphatic heterocycles. The largest absolute Gasteiger partial charge is 0.371 e. The number of anilines is 2. The first-order valence-electron chi connectivity index (χ1n) is 6.55. The highest BCUT2D eigenvalue weighted by Crippen LogP contribution is 2.17. The predicted molar refractivity (Wildman–Crippen MR) is 79.3 cm³/mol. The van der Waals surface area contributed by atoms with Crippen molar-refractivity contribution in [1.29, 1.82) is 0 Å². The van der Waals surface area contributed by atoms with Crippen LogP contribution in [0.4, 0.5) is 20.2 Å². The van der Waals surface area contributed by atoms with E-state index in [1.807, 2.05) is 19.1 Å². The van der Waals surface area contributed by atoms with E-state index in [4.69, 9.17) is 0 Å². The average Bonchev–Trinajstić information content (AvgIpc) is 2.45. The minimum atomic E-state index is -0.706. The van der Waals surface area contributed by atoms with Crippen LogP contribution in [0, 0.1) is 18.6 Å². The molecule has 110 valence electrons. The molecule has 2 N–H and O–H groups in total. The van der Waals surface area contributed by atoms with Crippen LogP contribution in [-0.2, 0) is 4.79 Å². The topological polar surface area (TPSA) is 41.1 Å². The summed E-state index contributed by atoms with van der Waals surface area (Å²) in [5.74, 6) is -1.50. The maximum absolute atomic E-state index is 13.5. The van der Waals surface area contributed by atoms with Crippen molar-refractivity contribution >= 4 is 17.3 Å². The number of hydrogen-bond donors (Lipinski definition) is 2. The molecule has 0 bridgehead atoms. The minimum absolute atomic E-state index is 0.0402. The summed E-state index contributed by atoms with van der Waals surface area (Å²) in [6, 6.07) is 9.67. The number of rotatable bonds is 4. The lowest BCUT2D eigenvalue weighted by Gasteiger charge is -2.16. The summed E-state index contributed by atoms with van der Waals surface area (Å²) in [6.07, 6.45) is 0. The first-order valence-corrected chi connectivity index (χ1v) is 6.55. The molecule has 0 fully saturated rings. The average molecular weight is 290 g/mol. The zero-order valence-corrected chi connectivity index (χ0v) is 11.8. The summed E-state index contributed by atoms with van der Waals surface area (Å²) in [4.78, 5) is 12.0. The van der Waals surface area contributed by atoms with Crippen LogP contribution >= 0.6 is 0 Å². The third kappa shape index (κ3) is 4.02. The quantitative estimate of drug-likeness (QED) is 0.901. The third-order valence-corrected chi connectivity index (χ3v) is 3.01. The zero-order valence-electron chi connectivity index (χ0n) is 11.8. The summed E-state index contributed by atoms with van der Waals surface area (Å²) < 4.78 is 26.6. The molecular formula is C16H16F2N2O.